The minimum atomic E-state index is -0.332. The van der Waals surface area contributed by atoms with Crippen LogP contribution in [0.25, 0.3) is 16.7 Å². The van der Waals surface area contributed by atoms with E-state index in [2.05, 4.69) is 20.7 Å². The van der Waals surface area contributed by atoms with Crippen molar-refractivity contribution in [2.75, 3.05) is 5.75 Å². The van der Waals surface area contributed by atoms with Gasteiger partial charge in [-0.05, 0) is 31.2 Å². The summed E-state index contributed by atoms with van der Waals surface area (Å²) in [6.45, 7) is 1.85. The van der Waals surface area contributed by atoms with Gasteiger partial charge in [0.1, 0.15) is 17.7 Å². The molecule has 0 aliphatic rings. The molecule has 9 heteroatoms. The zero-order valence-corrected chi connectivity index (χ0v) is 16.8. The largest absolute Gasteiger partial charge is 0.463 e. The Balaban J connectivity index is 1.40. The molecule has 0 aliphatic heterocycles. The van der Waals surface area contributed by atoms with E-state index >= 15 is 0 Å². The van der Waals surface area contributed by atoms with Crippen molar-refractivity contribution in [3.8, 4) is 5.69 Å². The summed E-state index contributed by atoms with van der Waals surface area (Å²) >= 11 is 1.25. The Hall–Kier alpha value is -3.72. The Morgan fingerprint density at radius 2 is 1.93 bits per heavy atom. The number of thioether (sulfide) groups is 1. The normalized spacial score (nSPS) is 11.2. The Morgan fingerprint density at radius 1 is 1.17 bits per heavy atom. The molecule has 0 saturated heterocycles. The van der Waals surface area contributed by atoms with Crippen LogP contribution in [0.4, 0.5) is 0 Å². The second kappa shape index (κ2) is 8.75. The summed E-state index contributed by atoms with van der Waals surface area (Å²) in [6.07, 6.45) is 2.59. The Morgan fingerprint density at radius 3 is 2.77 bits per heavy atom. The standard InChI is InChI=1S/C21H17N5O3S/c1-14-23-25-21(26(14)16-7-3-2-4-8-16)30-13-19(27)24-22-11-15-12-29-18-10-6-5-9-17(18)20(15)28/h2-12H,13H2,1H3,(H,24,27)/b22-11-. The van der Waals surface area contributed by atoms with E-state index in [4.69, 9.17) is 4.42 Å². The average Bonchev–Trinajstić information content (AvgIpc) is 3.15. The maximum Gasteiger partial charge on any atom is 0.250 e. The highest BCUT2D eigenvalue weighted by Crippen LogP contribution is 2.21. The average molecular weight is 419 g/mol. The lowest BCUT2D eigenvalue weighted by Crippen LogP contribution is -2.20. The summed E-state index contributed by atoms with van der Waals surface area (Å²) in [5, 5.41) is 13.2. The van der Waals surface area contributed by atoms with Crippen molar-refractivity contribution >= 4 is 34.9 Å². The van der Waals surface area contributed by atoms with Crippen molar-refractivity contribution < 1.29 is 9.21 Å². The highest BCUT2D eigenvalue weighted by Gasteiger charge is 2.13. The third-order valence-electron chi connectivity index (χ3n) is 4.24. The molecule has 0 bridgehead atoms. The highest BCUT2D eigenvalue weighted by molar-refractivity contribution is 7.99. The molecule has 4 aromatic rings. The van der Waals surface area contributed by atoms with Crippen LogP contribution >= 0.6 is 11.8 Å². The first-order valence-electron chi connectivity index (χ1n) is 9.06. The molecule has 2 aromatic carbocycles. The Kier molecular flexibility index (Phi) is 5.71. The molecule has 0 saturated carbocycles. The number of aryl methyl sites for hydroxylation is 1. The number of fused-ring (bicyclic) bond motifs is 1. The van der Waals surface area contributed by atoms with Gasteiger partial charge >= 0.3 is 0 Å². The third-order valence-corrected chi connectivity index (χ3v) is 5.17. The topological polar surface area (TPSA) is 102 Å². The van der Waals surface area contributed by atoms with E-state index in [9.17, 15) is 9.59 Å². The highest BCUT2D eigenvalue weighted by atomic mass is 32.2. The van der Waals surface area contributed by atoms with Crippen molar-refractivity contribution in [1.82, 2.24) is 20.2 Å². The molecule has 1 amide bonds. The van der Waals surface area contributed by atoms with Gasteiger partial charge in [0.25, 0.3) is 5.91 Å². The number of amides is 1. The molecule has 2 heterocycles. The smallest absolute Gasteiger partial charge is 0.250 e. The number of rotatable bonds is 6. The molecule has 0 atom stereocenters. The Labute approximate surface area is 175 Å². The molecule has 150 valence electrons. The van der Waals surface area contributed by atoms with Gasteiger partial charge in [-0.3, -0.25) is 14.2 Å². The van der Waals surface area contributed by atoms with Crippen LogP contribution in [0.15, 0.2) is 80.3 Å². The minimum absolute atomic E-state index is 0.0919. The quantitative estimate of drug-likeness (QED) is 0.293. The van der Waals surface area contributed by atoms with Crippen LogP contribution in [0.1, 0.15) is 11.4 Å². The van der Waals surface area contributed by atoms with Crippen molar-refractivity contribution in [3.63, 3.8) is 0 Å². The zero-order valence-electron chi connectivity index (χ0n) is 16.0. The second-order valence-electron chi connectivity index (χ2n) is 6.30. The molecule has 8 nitrogen and oxygen atoms in total. The van der Waals surface area contributed by atoms with Gasteiger partial charge in [0, 0.05) is 5.69 Å². The van der Waals surface area contributed by atoms with Crippen molar-refractivity contribution in [2.24, 2.45) is 5.10 Å². The van der Waals surface area contributed by atoms with Crippen LogP contribution in [-0.2, 0) is 4.79 Å². The van der Waals surface area contributed by atoms with Crippen LogP contribution in [0, 0.1) is 6.92 Å². The van der Waals surface area contributed by atoms with E-state index in [1.165, 1.54) is 24.2 Å². The maximum absolute atomic E-state index is 12.4. The predicted octanol–water partition coefficient (Wildman–Crippen LogP) is 2.92. The fourth-order valence-corrected chi connectivity index (χ4v) is 3.62. The second-order valence-corrected chi connectivity index (χ2v) is 7.24. The number of carbonyl (C=O) groups excluding carboxylic acids is 1. The number of para-hydroxylation sites is 2. The summed E-state index contributed by atoms with van der Waals surface area (Å²) in [5.41, 5.74) is 3.87. The number of benzene rings is 2. The zero-order chi connectivity index (χ0) is 20.9. The van der Waals surface area contributed by atoms with E-state index in [1.54, 1.807) is 24.3 Å². The van der Waals surface area contributed by atoms with Crippen molar-refractivity contribution in [2.45, 2.75) is 12.1 Å². The summed E-state index contributed by atoms with van der Waals surface area (Å²) < 4.78 is 7.29. The van der Waals surface area contributed by atoms with Gasteiger partial charge in [-0.2, -0.15) is 5.10 Å². The van der Waals surface area contributed by atoms with Gasteiger partial charge < -0.3 is 4.42 Å². The van der Waals surface area contributed by atoms with E-state index < -0.39 is 0 Å². The lowest BCUT2D eigenvalue weighted by atomic mass is 10.2. The monoisotopic (exact) mass is 419 g/mol. The summed E-state index contributed by atoms with van der Waals surface area (Å²) in [4.78, 5) is 24.6. The molecular weight excluding hydrogens is 402 g/mol. The Bertz CT molecular complexity index is 1280. The molecule has 30 heavy (non-hydrogen) atoms. The van der Waals surface area contributed by atoms with Crippen molar-refractivity contribution in [1.29, 1.82) is 0 Å². The summed E-state index contributed by atoms with van der Waals surface area (Å²) in [5.74, 6) is 0.487. The van der Waals surface area contributed by atoms with E-state index in [0.29, 0.717) is 16.1 Å². The van der Waals surface area contributed by atoms with Gasteiger partial charge in [-0.25, -0.2) is 5.43 Å². The molecule has 0 unspecified atom stereocenters. The SMILES string of the molecule is Cc1nnc(SCC(=O)N/N=C\c2coc3ccccc3c2=O)n1-c1ccccc1. The van der Waals surface area contributed by atoms with E-state index in [0.717, 1.165) is 11.5 Å². The third kappa shape index (κ3) is 4.15. The van der Waals surface area contributed by atoms with Crippen LogP contribution in [0.5, 0.6) is 0 Å². The minimum Gasteiger partial charge on any atom is -0.463 e. The number of aromatic nitrogens is 3. The number of carbonyl (C=O) groups is 1. The first-order chi connectivity index (χ1) is 14.6. The number of hydrazone groups is 1. The van der Waals surface area contributed by atoms with E-state index in [1.807, 2.05) is 41.8 Å². The molecular formula is C21H17N5O3S. The predicted molar refractivity (Wildman–Crippen MR) is 115 cm³/mol. The summed E-state index contributed by atoms with van der Waals surface area (Å²) in [7, 11) is 0. The molecule has 1 N–H and O–H groups in total. The fraction of sp³-hybridized carbons (Fsp3) is 0.0952. The molecule has 0 aliphatic carbocycles. The number of hydrogen-bond donors (Lipinski definition) is 1. The molecule has 0 fully saturated rings. The number of nitrogens with one attached hydrogen (secondary N) is 1. The first kappa shape index (κ1) is 19.6. The van der Waals surface area contributed by atoms with Crippen LogP contribution in [0.2, 0.25) is 0 Å². The van der Waals surface area contributed by atoms with Crippen LogP contribution in [0.3, 0.4) is 0 Å². The molecule has 0 radical (unpaired) electrons. The van der Waals surface area contributed by atoms with Crippen LogP contribution < -0.4 is 10.9 Å². The first-order valence-corrected chi connectivity index (χ1v) is 10.0. The molecule has 4 rings (SSSR count). The van der Waals surface area contributed by atoms with Gasteiger partial charge in [-0.1, -0.05) is 42.1 Å². The lowest BCUT2D eigenvalue weighted by Gasteiger charge is -2.07. The van der Waals surface area contributed by atoms with Gasteiger partial charge in [0.15, 0.2) is 5.16 Å². The fourth-order valence-electron chi connectivity index (χ4n) is 2.83. The van der Waals surface area contributed by atoms with Gasteiger partial charge in [0.05, 0.1) is 22.9 Å². The lowest BCUT2D eigenvalue weighted by molar-refractivity contribution is -0.118. The van der Waals surface area contributed by atoms with Gasteiger partial charge in [0.2, 0.25) is 5.43 Å². The van der Waals surface area contributed by atoms with Crippen LogP contribution in [-0.4, -0.2) is 32.6 Å². The summed E-state index contributed by atoms with van der Waals surface area (Å²) in [6, 6.07) is 16.6. The number of hydrogen-bond acceptors (Lipinski definition) is 7. The molecule has 0 spiro atoms. The maximum atomic E-state index is 12.4. The van der Waals surface area contributed by atoms with Gasteiger partial charge in [-0.15, -0.1) is 10.2 Å². The number of nitrogens with zero attached hydrogens (tertiary/aromatic N) is 4. The van der Waals surface area contributed by atoms with E-state index in [-0.39, 0.29) is 22.7 Å². The molecule has 2 aromatic heterocycles. The van der Waals surface area contributed by atoms with Crippen molar-refractivity contribution in [3.05, 3.63) is 82.5 Å².